The monoisotopic (exact) mass is 149 g/mol. The summed E-state index contributed by atoms with van der Waals surface area (Å²) in [4.78, 5) is 0. The van der Waals surface area contributed by atoms with Crippen LogP contribution in [-0.2, 0) is 0 Å². The Morgan fingerprint density at radius 1 is 0.700 bits per heavy atom. The van der Waals surface area contributed by atoms with Gasteiger partial charge in [0.25, 0.3) is 0 Å². The van der Waals surface area contributed by atoms with Gasteiger partial charge in [0.05, 0.1) is 6.04 Å². The molecule has 0 aromatic rings. The fourth-order valence-electron chi connectivity index (χ4n) is 1.06. The van der Waals surface area contributed by atoms with Crippen molar-refractivity contribution in [2.45, 2.75) is 30.5 Å². The molecule has 0 bridgehead atoms. The third kappa shape index (κ3) is 0.920. The summed E-state index contributed by atoms with van der Waals surface area (Å²) < 4.78 is 0. The summed E-state index contributed by atoms with van der Waals surface area (Å²) in [6.45, 7) is 0. The van der Waals surface area contributed by atoms with Crippen LogP contribution in [0.5, 0.6) is 0 Å². The molecule has 0 aliphatic heterocycles. The molecule has 0 aromatic heterocycles. The van der Waals surface area contributed by atoms with Crippen molar-refractivity contribution < 1.29 is 20.4 Å². The van der Waals surface area contributed by atoms with Crippen molar-refractivity contribution in [2.75, 3.05) is 0 Å². The average Bonchev–Trinajstić information content (AvgIpc) is 2.07. The van der Waals surface area contributed by atoms with Gasteiger partial charge in [-0.3, -0.25) is 0 Å². The number of hydrogen-bond donors (Lipinski definition) is 5. The molecule has 60 valence electrons. The maximum absolute atomic E-state index is 8.91. The topological polar surface area (TPSA) is 107 Å². The summed E-state index contributed by atoms with van der Waals surface area (Å²) >= 11 is 0. The van der Waals surface area contributed by atoms with E-state index in [2.05, 4.69) is 0 Å². The van der Waals surface area contributed by atoms with Gasteiger partial charge in [0.15, 0.2) is 0 Å². The van der Waals surface area contributed by atoms with Gasteiger partial charge in [0.2, 0.25) is 0 Å². The number of hydrogen-bond acceptors (Lipinski definition) is 5. The quantitative estimate of drug-likeness (QED) is 0.249. The first-order valence-electron chi connectivity index (χ1n) is 3.03. The molecule has 5 heteroatoms. The van der Waals surface area contributed by atoms with Crippen molar-refractivity contribution in [3.05, 3.63) is 0 Å². The third-order valence-electron chi connectivity index (χ3n) is 1.84. The molecule has 0 saturated heterocycles. The Balaban J connectivity index is 2.68. The van der Waals surface area contributed by atoms with Gasteiger partial charge >= 0.3 is 0 Å². The molecule has 5 nitrogen and oxygen atoms in total. The van der Waals surface area contributed by atoms with Crippen LogP contribution in [0.1, 0.15) is 0 Å². The van der Waals surface area contributed by atoms with E-state index >= 15 is 0 Å². The lowest BCUT2D eigenvalue weighted by Gasteiger charge is -2.11. The molecule has 1 aliphatic carbocycles. The molecule has 0 amide bonds. The minimum Gasteiger partial charge on any atom is -0.389 e. The van der Waals surface area contributed by atoms with Gasteiger partial charge in [0, 0.05) is 0 Å². The van der Waals surface area contributed by atoms with Gasteiger partial charge in [-0.05, 0) is 0 Å². The predicted molar refractivity (Wildman–Crippen MR) is 32.0 cm³/mol. The van der Waals surface area contributed by atoms with Gasteiger partial charge in [-0.2, -0.15) is 0 Å². The van der Waals surface area contributed by atoms with Crippen LogP contribution in [0.15, 0.2) is 0 Å². The second-order valence-corrected chi connectivity index (χ2v) is 2.54. The fourth-order valence-corrected chi connectivity index (χ4v) is 1.06. The van der Waals surface area contributed by atoms with E-state index in [9.17, 15) is 0 Å². The van der Waals surface area contributed by atoms with Gasteiger partial charge in [-0.1, -0.05) is 0 Å². The number of aliphatic hydroxyl groups excluding tert-OH is 4. The Kier molecular flexibility index (Phi) is 1.93. The fraction of sp³-hybridized carbons (Fsp3) is 1.00. The number of rotatable bonds is 0. The van der Waals surface area contributed by atoms with E-state index in [-0.39, 0.29) is 0 Å². The van der Waals surface area contributed by atoms with Gasteiger partial charge < -0.3 is 26.2 Å². The molecular formula is C5H11NO4. The third-order valence-corrected chi connectivity index (χ3v) is 1.84. The maximum atomic E-state index is 8.91. The van der Waals surface area contributed by atoms with Crippen molar-refractivity contribution in [1.29, 1.82) is 0 Å². The minimum absolute atomic E-state index is 0.954. The standard InChI is InChI=1S/C5H11NO4/c6-1-2(7)4(9)5(10)3(1)8/h1-5,7-10H,6H2/t2-,3-,4+,5+/m1/s1. The molecule has 6 N–H and O–H groups in total. The van der Waals surface area contributed by atoms with E-state index < -0.39 is 30.5 Å². The molecule has 1 saturated carbocycles. The van der Waals surface area contributed by atoms with Crippen molar-refractivity contribution in [2.24, 2.45) is 5.73 Å². The Bertz CT molecular complexity index is 86.0. The summed E-state index contributed by atoms with van der Waals surface area (Å²) in [5.74, 6) is 0. The summed E-state index contributed by atoms with van der Waals surface area (Å²) in [6.07, 6.45) is -5.12. The molecule has 4 atom stereocenters. The largest absolute Gasteiger partial charge is 0.389 e. The molecule has 1 fully saturated rings. The van der Waals surface area contributed by atoms with Crippen LogP contribution >= 0.6 is 0 Å². The highest BCUT2D eigenvalue weighted by atomic mass is 16.4. The second kappa shape index (κ2) is 2.44. The van der Waals surface area contributed by atoms with E-state index in [0.29, 0.717) is 0 Å². The first kappa shape index (κ1) is 7.90. The predicted octanol–water partition coefficient (Wildman–Crippen LogP) is -3.23. The van der Waals surface area contributed by atoms with Gasteiger partial charge in [-0.25, -0.2) is 0 Å². The zero-order chi connectivity index (χ0) is 7.89. The van der Waals surface area contributed by atoms with E-state index in [1.165, 1.54) is 0 Å². The highest BCUT2D eigenvalue weighted by Gasteiger charge is 2.46. The minimum atomic E-state index is -1.33. The van der Waals surface area contributed by atoms with Crippen molar-refractivity contribution in [3.63, 3.8) is 0 Å². The SMILES string of the molecule is NC1[C@@H](O)[C@H](O)[C@@H](O)[C@@H]1O. The van der Waals surface area contributed by atoms with Crippen LogP contribution in [0.3, 0.4) is 0 Å². The van der Waals surface area contributed by atoms with Crippen LogP contribution in [0.4, 0.5) is 0 Å². The first-order valence-corrected chi connectivity index (χ1v) is 3.03. The zero-order valence-corrected chi connectivity index (χ0v) is 5.25. The van der Waals surface area contributed by atoms with Crippen molar-refractivity contribution in [1.82, 2.24) is 0 Å². The van der Waals surface area contributed by atoms with E-state index in [1.807, 2.05) is 0 Å². The van der Waals surface area contributed by atoms with E-state index in [1.54, 1.807) is 0 Å². The molecule has 0 radical (unpaired) electrons. The van der Waals surface area contributed by atoms with E-state index in [0.717, 1.165) is 0 Å². The summed E-state index contributed by atoms with van der Waals surface area (Å²) in [5, 5.41) is 35.6. The van der Waals surface area contributed by atoms with Gasteiger partial charge in [0.1, 0.15) is 24.4 Å². The Hall–Kier alpha value is -0.200. The Morgan fingerprint density at radius 2 is 1.00 bits per heavy atom. The smallest absolute Gasteiger partial charge is 0.110 e. The second-order valence-electron chi connectivity index (χ2n) is 2.54. The highest BCUT2D eigenvalue weighted by molar-refractivity contribution is 5.00. The van der Waals surface area contributed by atoms with Crippen LogP contribution in [0.2, 0.25) is 0 Å². The maximum Gasteiger partial charge on any atom is 0.110 e. The van der Waals surface area contributed by atoms with E-state index in [4.69, 9.17) is 26.2 Å². The molecule has 0 spiro atoms. The lowest BCUT2D eigenvalue weighted by atomic mass is 10.2. The summed E-state index contributed by atoms with van der Waals surface area (Å²) in [6, 6.07) is -0.954. The lowest BCUT2D eigenvalue weighted by Crippen LogP contribution is -2.40. The first-order chi connectivity index (χ1) is 4.55. The molecule has 10 heavy (non-hydrogen) atoms. The molecule has 1 aliphatic rings. The molecular weight excluding hydrogens is 138 g/mol. The molecule has 1 rings (SSSR count). The van der Waals surface area contributed by atoms with Crippen molar-refractivity contribution >= 4 is 0 Å². The van der Waals surface area contributed by atoms with Crippen LogP contribution in [0, 0.1) is 0 Å². The zero-order valence-electron chi connectivity index (χ0n) is 5.25. The summed E-state index contributed by atoms with van der Waals surface area (Å²) in [7, 11) is 0. The Morgan fingerprint density at radius 3 is 1.10 bits per heavy atom. The normalized spacial score (nSPS) is 50.1. The van der Waals surface area contributed by atoms with Crippen molar-refractivity contribution in [3.8, 4) is 0 Å². The summed E-state index contributed by atoms with van der Waals surface area (Å²) in [5.41, 5.74) is 5.18. The average molecular weight is 149 g/mol. The van der Waals surface area contributed by atoms with Gasteiger partial charge in [-0.15, -0.1) is 0 Å². The molecule has 0 aromatic carbocycles. The molecule has 0 heterocycles. The Labute approximate surface area is 57.7 Å². The lowest BCUT2D eigenvalue weighted by molar-refractivity contribution is -0.0413. The van der Waals surface area contributed by atoms with Crippen LogP contribution in [0.25, 0.3) is 0 Å². The highest BCUT2D eigenvalue weighted by Crippen LogP contribution is 2.19. The number of aliphatic hydroxyl groups is 4. The van der Waals surface area contributed by atoms with Crippen LogP contribution < -0.4 is 5.73 Å². The van der Waals surface area contributed by atoms with Crippen LogP contribution in [-0.4, -0.2) is 50.9 Å². The molecule has 0 unspecified atom stereocenters. The number of nitrogens with two attached hydrogens (primary N) is 1.